The van der Waals surface area contributed by atoms with Gasteiger partial charge in [-0.15, -0.1) is 0 Å². The van der Waals surface area contributed by atoms with Gasteiger partial charge in [0, 0.05) is 33.3 Å². The minimum atomic E-state index is -2.96. The maximum atomic E-state index is 14.7. The maximum Gasteiger partial charge on any atom is 0.143 e. The van der Waals surface area contributed by atoms with E-state index in [1.165, 1.54) is 0 Å². The van der Waals surface area contributed by atoms with Crippen LogP contribution in [0.25, 0.3) is 0 Å². The summed E-state index contributed by atoms with van der Waals surface area (Å²) in [6.07, 6.45) is 0.414. The lowest BCUT2D eigenvalue weighted by molar-refractivity contribution is 0.583. The van der Waals surface area contributed by atoms with Gasteiger partial charge < -0.3 is 4.57 Å². The van der Waals surface area contributed by atoms with E-state index in [4.69, 9.17) is 4.36 Å². The fraction of sp³-hybridized carbons (Fsp3) is 0.111. The third-order valence-electron chi connectivity index (χ3n) is 5.99. The van der Waals surface area contributed by atoms with Crippen LogP contribution in [-0.2, 0) is 14.3 Å². The highest BCUT2D eigenvalue weighted by Crippen LogP contribution is 2.50. The Bertz CT molecular complexity index is 1350. The quantitative estimate of drug-likeness (QED) is 0.347. The molecule has 32 heavy (non-hydrogen) atoms. The van der Waals surface area contributed by atoms with Gasteiger partial charge in [-0.3, -0.25) is 0 Å². The summed E-state index contributed by atoms with van der Waals surface area (Å²) in [5.41, 5.74) is 1.76. The van der Waals surface area contributed by atoms with Crippen molar-refractivity contribution in [2.45, 2.75) is 10.8 Å². The zero-order valence-electron chi connectivity index (χ0n) is 17.6. The summed E-state index contributed by atoms with van der Waals surface area (Å²) < 4.78 is 33.5. The van der Waals surface area contributed by atoms with E-state index in [0.29, 0.717) is 11.9 Å². The molecule has 4 aromatic carbocycles. The van der Waals surface area contributed by atoms with Gasteiger partial charge in [0.05, 0.1) is 15.4 Å². The maximum absolute atomic E-state index is 14.7. The van der Waals surface area contributed by atoms with Crippen LogP contribution in [0.15, 0.2) is 125 Å². The van der Waals surface area contributed by atoms with Gasteiger partial charge in [-0.2, -0.15) is 4.36 Å². The van der Waals surface area contributed by atoms with Crippen molar-refractivity contribution in [3.05, 3.63) is 121 Å². The van der Waals surface area contributed by atoms with Crippen molar-refractivity contribution in [3.63, 3.8) is 0 Å². The highest BCUT2D eigenvalue weighted by atomic mass is 32.2. The predicted octanol–water partition coefficient (Wildman–Crippen LogP) is 5.96. The van der Waals surface area contributed by atoms with Crippen LogP contribution in [0.5, 0.6) is 0 Å². The molecule has 3 nitrogen and oxygen atoms in total. The van der Waals surface area contributed by atoms with Crippen LogP contribution < -0.4 is 10.6 Å². The average Bonchev–Trinajstić information content (AvgIpc) is 2.85. The van der Waals surface area contributed by atoms with Gasteiger partial charge in [0.2, 0.25) is 0 Å². The molecule has 4 aromatic rings. The van der Waals surface area contributed by atoms with Crippen molar-refractivity contribution in [1.82, 2.24) is 0 Å². The molecule has 0 spiro atoms. The molecule has 2 atom stereocenters. The largest absolute Gasteiger partial charge is 0.314 e. The average molecular weight is 458 g/mol. The minimum absolute atomic E-state index is 0.136. The summed E-state index contributed by atoms with van der Waals surface area (Å²) in [4.78, 5) is 0.730. The molecule has 1 aliphatic rings. The van der Waals surface area contributed by atoms with Crippen molar-refractivity contribution < 1.29 is 8.77 Å². The fourth-order valence-corrected chi connectivity index (χ4v) is 9.85. The topological polar surface area (TPSA) is 46.5 Å². The molecule has 1 aliphatic heterocycles. The van der Waals surface area contributed by atoms with Gasteiger partial charge in [-0.1, -0.05) is 97.1 Å². The van der Waals surface area contributed by atoms with E-state index in [0.717, 1.165) is 26.8 Å². The van der Waals surface area contributed by atoms with E-state index >= 15 is 0 Å². The Kier molecular flexibility index (Phi) is 5.58. The number of rotatable bonds is 5. The molecule has 1 heterocycles. The van der Waals surface area contributed by atoms with Crippen LogP contribution in [-0.4, -0.2) is 16.1 Å². The number of hydrogen-bond donors (Lipinski definition) is 0. The van der Waals surface area contributed by atoms with E-state index in [-0.39, 0.29) is 5.92 Å². The second-order valence-corrected chi connectivity index (χ2v) is 13.2. The molecule has 0 fully saturated rings. The monoisotopic (exact) mass is 457 g/mol. The molecule has 0 saturated carbocycles. The van der Waals surface area contributed by atoms with E-state index in [9.17, 15) is 8.77 Å². The van der Waals surface area contributed by atoms with E-state index in [1.807, 2.05) is 115 Å². The van der Waals surface area contributed by atoms with E-state index in [2.05, 4.69) is 0 Å². The molecule has 160 valence electrons. The second kappa shape index (κ2) is 8.54. The molecule has 0 radical (unpaired) electrons. The van der Waals surface area contributed by atoms with Gasteiger partial charge in [0.25, 0.3) is 0 Å². The summed E-state index contributed by atoms with van der Waals surface area (Å²) in [5, 5.41) is 1.66. The Hall–Kier alpha value is -2.94. The molecular weight excluding hydrogens is 433 g/mol. The number of fused-ring (bicyclic) bond motifs is 1. The van der Waals surface area contributed by atoms with Gasteiger partial charge >= 0.3 is 0 Å². The Morgan fingerprint density at radius 2 is 1.22 bits per heavy atom. The smallest absolute Gasteiger partial charge is 0.143 e. The third kappa shape index (κ3) is 3.85. The number of nitrogens with zero attached hydrogens (tertiary/aromatic N) is 1. The molecule has 0 aromatic heterocycles. The molecule has 0 amide bonds. The molecule has 0 unspecified atom stereocenters. The fourth-order valence-electron chi connectivity index (χ4n) is 4.42. The first kappa shape index (κ1) is 20.9. The van der Waals surface area contributed by atoms with Crippen molar-refractivity contribution in [2.75, 3.05) is 11.9 Å². The first-order valence-electron chi connectivity index (χ1n) is 10.7. The second-order valence-electron chi connectivity index (χ2n) is 8.06. The van der Waals surface area contributed by atoms with E-state index in [1.54, 1.807) is 0 Å². The zero-order chi connectivity index (χ0) is 22.0. The first-order valence-corrected chi connectivity index (χ1v) is 14.3. The zero-order valence-corrected chi connectivity index (χ0v) is 19.3. The van der Waals surface area contributed by atoms with Crippen LogP contribution in [0.4, 0.5) is 5.69 Å². The number of hydrogen-bond acceptors (Lipinski definition) is 3. The van der Waals surface area contributed by atoms with Crippen LogP contribution in [0.3, 0.4) is 0 Å². The number of benzene rings is 4. The van der Waals surface area contributed by atoms with Crippen molar-refractivity contribution in [3.8, 4) is 0 Å². The van der Waals surface area contributed by atoms with E-state index < -0.39 is 16.9 Å². The molecule has 0 bridgehead atoms. The summed E-state index contributed by atoms with van der Waals surface area (Å²) in [6, 6.07) is 36.7. The Balaban J connectivity index is 1.64. The van der Waals surface area contributed by atoms with Gasteiger partial charge in [0.1, 0.15) is 7.14 Å². The lowest BCUT2D eigenvalue weighted by Crippen LogP contribution is -2.27. The molecule has 5 heteroatoms. The summed E-state index contributed by atoms with van der Waals surface area (Å²) >= 11 is 0. The molecule has 0 saturated heterocycles. The summed E-state index contributed by atoms with van der Waals surface area (Å²) in [5.74, 6) is 0.222. The van der Waals surface area contributed by atoms with Gasteiger partial charge in [-0.05, 0) is 23.8 Å². The highest BCUT2D eigenvalue weighted by molar-refractivity contribution is 7.94. The Labute approximate surface area is 189 Å². The Morgan fingerprint density at radius 3 is 1.81 bits per heavy atom. The van der Waals surface area contributed by atoms with Crippen molar-refractivity contribution in [1.29, 1.82) is 0 Å². The van der Waals surface area contributed by atoms with Gasteiger partial charge in [-0.25, -0.2) is 4.21 Å². The Morgan fingerprint density at radius 1 is 0.719 bits per heavy atom. The normalized spacial score (nSPS) is 20.2. The third-order valence-corrected chi connectivity index (χ3v) is 11.6. The molecule has 0 aliphatic carbocycles. The standard InChI is InChI=1S/C27H24NO2PS/c29-31(23-12-4-1-5-13-23,24-14-6-2-7-15-24)20-22-21-32(30,25-16-8-3-9-17-25)28-27-19-11-10-18-26(22)27/h1-19,22H,20-21H2/t22-,32+/m1/s1. The van der Waals surface area contributed by atoms with Crippen LogP contribution in [0, 0.1) is 0 Å². The summed E-state index contributed by atoms with van der Waals surface area (Å²) in [6.45, 7) is 0. The van der Waals surface area contributed by atoms with Crippen LogP contribution >= 0.6 is 7.14 Å². The SMILES string of the molecule is O=P(C[C@@H]1C[S@](=O)(c2ccccc2)=Nc2ccccc21)(c1ccccc1)c1ccccc1. The predicted molar refractivity (Wildman–Crippen MR) is 134 cm³/mol. The van der Waals surface area contributed by atoms with Crippen LogP contribution in [0.1, 0.15) is 11.5 Å². The molecule has 5 rings (SSSR count). The van der Waals surface area contributed by atoms with Crippen molar-refractivity contribution in [2.24, 2.45) is 4.36 Å². The minimum Gasteiger partial charge on any atom is -0.314 e. The molecule has 0 N–H and O–H groups in total. The highest BCUT2D eigenvalue weighted by Gasteiger charge is 2.36. The molecular formula is C27H24NO2PS. The first-order chi connectivity index (χ1) is 15.6. The van der Waals surface area contributed by atoms with Crippen molar-refractivity contribution >= 4 is 33.2 Å². The van der Waals surface area contributed by atoms with Crippen LogP contribution in [0.2, 0.25) is 0 Å². The van der Waals surface area contributed by atoms with Gasteiger partial charge in [0.15, 0.2) is 0 Å². The summed E-state index contributed by atoms with van der Waals surface area (Å²) in [7, 11) is -5.63. The lowest BCUT2D eigenvalue weighted by atomic mass is 10.0. The lowest BCUT2D eigenvalue weighted by Gasteiger charge is -2.30.